The van der Waals surface area contributed by atoms with Crippen molar-refractivity contribution in [2.45, 2.75) is 19.9 Å². The number of carbonyl (C=O) groups is 1. The fraction of sp³-hybridized carbons (Fsp3) is 0.227. The summed E-state index contributed by atoms with van der Waals surface area (Å²) in [4.78, 5) is 12.1. The Kier molecular flexibility index (Phi) is 5.74. The van der Waals surface area contributed by atoms with Crippen molar-refractivity contribution in [3.05, 3.63) is 72.3 Å². The molecule has 3 aromatic carbocycles. The molecule has 0 heterocycles. The summed E-state index contributed by atoms with van der Waals surface area (Å²) in [5.74, 6) is 1.35. The highest BCUT2D eigenvalue weighted by Crippen LogP contribution is 2.20. The molecule has 0 saturated carbocycles. The van der Waals surface area contributed by atoms with E-state index >= 15 is 0 Å². The molecule has 0 aliphatic heterocycles. The molecule has 0 fully saturated rings. The molecular formula is C22H23NO3. The van der Waals surface area contributed by atoms with Crippen molar-refractivity contribution in [3.8, 4) is 11.5 Å². The van der Waals surface area contributed by atoms with Gasteiger partial charge in [0.05, 0.1) is 6.04 Å². The van der Waals surface area contributed by atoms with E-state index in [2.05, 4.69) is 5.32 Å². The number of hydrogen-bond acceptors (Lipinski definition) is 3. The normalized spacial score (nSPS) is 11.8. The van der Waals surface area contributed by atoms with Crippen LogP contribution in [0.4, 0.5) is 0 Å². The van der Waals surface area contributed by atoms with Crippen molar-refractivity contribution < 1.29 is 14.3 Å². The lowest BCUT2D eigenvalue weighted by atomic mass is 10.1. The molecule has 0 aliphatic rings. The maximum atomic E-state index is 12.1. The third kappa shape index (κ3) is 4.76. The Morgan fingerprint density at radius 3 is 2.50 bits per heavy atom. The lowest BCUT2D eigenvalue weighted by Crippen LogP contribution is -2.39. The second kappa shape index (κ2) is 8.39. The first kappa shape index (κ1) is 17.8. The first-order chi connectivity index (χ1) is 12.6. The van der Waals surface area contributed by atoms with Crippen molar-refractivity contribution in [3.63, 3.8) is 0 Å². The van der Waals surface area contributed by atoms with Crippen LogP contribution in [0.5, 0.6) is 11.5 Å². The van der Waals surface area contributed by atoms with Crippen LogP contribution in [0.3, 0.4) is 0 Å². The summed E-state index contributed by atoms with van der Waals surface area (Å²) >= 11 is 0. The molecule has 4 heteroatoms. The van der Waals surface area contributed by atoms with Crippen molar-refractivity contribution in [2.24, 2.45) is 0 Å². The summed E-state index contributed by atoms with van der Waals surface area (Å²) in [7, 11) is 0. The van der Waals surface area contributed by atoms with Crippen LogP contribution in [0, 0.1) is 6.92 Å². The van der Waals surface area contributed by atoms with E-state index in [1.165, 1.54) is 0 Å². The van der Waals surface area contributed by atoms with E-state index in [0.717, 1.165) is 22.1 Å². The number of benzene rings is 3. The molecule has 3 aromatic rings. The van der Waals surface area contributed by atoms with Crippen LogP contribution in [0.25, 0.3) is 10.8 Å². The first-order valence-electron chi connectivity index (χ1n) is 8.71. The number of nitrogens with one attached hydrogen (secondary N) is 1. The molecule has 0 spiro atoms. The highest BCUT2D eigenvalue weighted by molar-refractivity contribution is 5.84. The quantitative estimate of drug-likeness (QED) is 0.698. The van der Waals surface area contributed by atoms with Crippen LogP contribution >= 0.6 is 0 Å². The van der Waals surface area contributed by atoms with Gasteiger partial charge in [0.1, 0.15) is 18.1 Å². The zero-order valence-corrected chi connectivity index (χ0v) is 15.1. The summed E-state index contributed by atoms with van der Waals surface area (Å²) in [5.41, 5.74) is 1.07. The van der Waals surface area contributed by atoms with Crippen LogP contribution in [-0.2, 0) is 4.79 Å². The van der Waals surface area contributed by atoms with Crippen LogP contribution < -0.4 is 14.8 Å². The Morgan fingerprint density at radius 2 is 1.69 bits per heavy atom. The maximum absolute atomic E-state index is 12.1. The Bertz CT molecular complexity index is 891. The minimum absolute atomic E-state index is 0.0208. The minimum Gasteiger partial charge on any atom is -0.491 e. The van der Waals surface area contributed by atoms with Gasteiger partial charge in [-0.3, -0.25) is 4.79 Å². The summed E-state index contributed by atoms with van der Waals surface area (Å²) in [6.07, 6.45) is 0. The Labute approximate surface area is 153 Å². The lowest BCUT2D eigenvalue weighted by molar-refractivity contribution is -0.123. The number of aryl methyl sites for hydroxylation is 1. The molecule has 1 amide bonds. The molecule has 1 N–H and O–H groups in total. The monoisotopic (exact) mass is 349 g/mol. The SMILES string of the molecule is Cc1ccccc1OC[C@@H](C)NC(=O)COc1ccc2ccccc2c1. The number of carbonyl (C=O) groups excluding carboxylic acids is 1. The number of hydrogen-bond donors (Lipinski definition) is 1. The van der Waals surface area contributed by atoms with Gasteiger partial charge >= 0.3 is 0 Å². The third-order valence-electron chi connectivity index (χ3n) is 4.08. The van der Waals surface area contributed by atoms with Crippen LogP contribution in [0.1, 0.15) is 12.5 Å². The zero-order valence-electron chi connectivity index (χ0n) is 15.1. The average Bonchev–Trinajstić information content (AvgIpc) is 2.65. The Hall–Kier alpha value is -3.01. The molecule has 0 bridgehead atoms. The number of amides is 1. The molecule has 134 valence electrons. The van der Waals surface area contributed by atoms with E-state index < -0.39 is 0 Å². The highest BCUT2D eigenvalue weighted by Gasteiger charge is 2.10. The van der Waals surface area contributed by atoms with Gasteiger partial charge in [-0.15, -0.1) is 0 Å². The van der Waals surface area contributed by atoms with Gasteiger partial charge in [0.25, 0.3) is 5.91 Å². The summed E-state index contributed by atoms with van der Waals surface area (Å²) in [6.45, 7) is 4.29. The summed E-state index contributed by atoms with van der Waals surface area (Å²) in [6, 6.07) is 21.6. The van der Waals surface area contributed by atoms with Gasteiger partial charge < -0.3 is 14.8 Å². The van der Waals surface area contributed by atoms with Crippen molar-refractivity contribution in [1.82, 2.24) is 5.32 Å². The zero-order chi connectivity index (χ0) is 18.4. The standard InChI is InChI=1S/C22H23NO3/c1-16-7-3-6-10-21(16)26-14-17(2)23-22(24)15-25-20-12-11-18-8-4-5-9-19(18)13-20/h3-13,17H,14-15H2,1-2H3,(H,23,24)/t17-/m1/s1. The number of para-hydroxylation sites is 1. The van der Waals surface area contributed by atoms with E-state index in [9.17, 15) is 4.79 Å². The molecule has 1 atom stereocenters. The van der Waals surface area contributed by atoms with Gasteiger partial charge in [0.2, 0.25) is 0 Å². The van der Waals surface area contributed by atoms with Gasteiger partial charge in [-0.05, 0) is 48.4 Å². The predicted molar refractivity (Wildman–Crippen MR) is 104 cm³/mol. The molecular weight excluding hydrogens is 326 g/mol. The lowest BCUT2D eigenvalue weighted by Gasteiger charge is -2.16. The number of fused-ring (bicyclic) bond motifs is 1. The van der Waals surface area contributed by atoms with E-state index in [0.29, 0.717) is 12.4 Å². The van der Waals surface area contributed by atoms with E-state index in [1.54, 1.807) is 0 Å². The van der Waals surface area contributed by atoms with Crippen molar-refractivity contribution in [1.29, 1.82) is 0 Å². The molecule has 0 unspecified atom stereocenters. The van der Waals surface area contributed by atoms with E-state index in [1.807, 2.05) is 80.6 Å². The number of ether oxygens (including phenoxy) is 2. The average molecular weight is 349 g/mol. The smallest absolute Gasteiger partial charge is 0.258 e. The largest absolute Gasteiger partial charge is 0.491 e. The highest BCUT2D eigenvalue weighted by atomic mass is 16.5. The van der Waals surface area contributed by atoms with Crippen molar-refractivity contribution in [2.75, 3.05) is 13.2 Å². The molecule has 0 saturated heterocycles. The van der Waals surface area contributed by atoms with Crippen molar-refractivity contribution >= 4 is 16.7 Å². The van der Waals surface area contributed by atoms with Gasteiger partial charge in [-0.2, -0.15) is 0 Å². The van der Waals surface area contributed by atoms with Gasteiger partial charge in [-0.25, -0.2) is 0 Å². The second-order valence-corrected chi connectivity index (χ2v) is 6.34. The summed E-state index contributed by atoms with van der Waals surface area (Å²) in [5, 5.41) is 5.12. The molecule has 4 nitrogen and oxygen atoms in total. The molecule has 26 heavy (non-hydrogen) atoms. The second-order valence-electron chi connectivity index (χ2n) is 6.34. The van der Waals surface area contributed by atoms with Crippen LogP contribution in [0.2, 0.25) is 0 Å². The Morgan fingerprint density at radius 1 is 0.962 bits per heavy atom. The van der Waals surface area contributed by atoms with Gasteiger partial charge in [0, 0.05) is 0 Å². The Balaban J connectivity index is 1.46. The molecule has 0 aromatic heterocycles. The van der Waals surface area contributed by atoms with Gasteiger partial charge in [-0.1, -0.05) is 48.5 Å². The minimum atomic E-state index is -0.168. The molecule has 0 aliphatic carbocycles. The fourth-order valence-electron chi connectivity index (χ4n) is 2.70. The third-order valence-corrected chi connectivity index (χ3v) is 4.08. The van der Waals surface area contributed by atoms with E-state index in [4.69, 9.17) is 9.47 Å². The fourth-order valence-corrected chi connectivity index (χ4v) is 2.70. The predicted octanol–water partition coefficient (Wildman–Crippen LogP) is 4.11. The maximum Gasteiger partial charge on any atom is 0.258 e. The molecule has 3 rings (SSSR count). The first-order valence-corrected chi connectivity index (χ1v) is 8.71. The number of rotatable bonds is 7. The summed E-state index contributed by atoms with van der Waals surface area (Å²) < 4.78 is 11.4. The van der Waals surface area contributed by atoms with Crippen LogP contribution in [-0.4, -0.2) is 25.2 Å². The van der Waals surface area contributed by atoms with Gasteiger partial charge in [0.15, 0.2) is 6.61 Å². The topological polar surface area (TPSA) is 47.6 Å². The van der Waals surface area contributed by atoms with E-state index in [-0.39, 0.29) is 18.6 Å². The molecule has 0 radical (unpaired) electrons. The van der Waals surface area contributed by atoms with Crippen LogP contribution in [0.15, 0.2) is 66.7 Å².